The zero-order valence-electron chi connectivity index (χ0n) is 15.6. The predicted molar refractivity (Wildman–Crippen MR) is 116 cm³/mol. The highest BCUT2D eigenvalue weighted by molar-refractivity contribution is 7.13. The molecule has 3 aromatic heterocycles. The van der Waals surface area contributed by atoms with Gasteiger partial charge in [-0.2, -0.15) is 4.98 Å². The van der Waals surface area contributed by atoms with Crippen molar-refractivity contribution in [2.75, 3.05) is 5.32 Å². The van der Waals surface area contributed by atoms with Crippen molar-refractivity contribution in [2.45, 2.75) is 0 Å². The fourth-order valence-electron chi connectivity index (χ4n) is 2.96. The van der Waals surface area contributed by atoms with E-state index < -0.39 is 0 Å². The maximum atomic E-state index is 12.1. The maximum absolute atomic E-state index is 12.1. The first-order valence-electron chi connectivity index (χ1n) is 9.20. The van der Waals surface area contributed by atoms with Crippen molar-refractivity contribution in [1.29, 1.82) is 0 Å². The summed E-state index contributed by atoms with van der Waals surface area (Å²) in [4.78, 5) is 22.4. The highest BCUT2D eigenvalue weighted by atomic mass is 32.1. The average Bonchev–Trinajstić information content (AvgIpc) is 3.49. The third kappa shape index (κ3) is 3.66. The summed E-state index contributed by atoms with van der Waals surface area (Å²) in [6.45, 7) is 0. The Morgan fingerprint density at radius 1 is 0.933 bits per heavy atom. The first kappa shape index (κ1) is 18.1. The number of thiophene rings is 1. The molecule has 0 aliphatic heterocycles. The first-order valence-corrected chi connectivity index (χ1v) is 10.1. The van der Waals surface area contributed by atoms with Crippen LogP contribution in [0.1, 0.15) is 10.6 Å². The predicted octanol–water partition coefficient (Wildman–Crippen LogP) is 6.00. The molecular weight excluding hydrogens is 398 g/mol. The van der Waals surface area contributed by atoms with Crippen LogP contribution in [0.5, 0.6) is 11.6 Å². The molecule has 30 heavy (non-hydrogen) atoms. The molecule has 5 aromatic rings. The van der Waals surface area contributed by atoms with Crippen molar-refractivity contribution < 1.29 is 13.9 Å². The van der Waals surface area contributed by atoms with Crippen LogP contribution >= 0.6 is 11.3 Å². The second-order valence-electron chi connectivity index (χ2n) is 6.40. The van der Waals surface area contributed by atoms with E-state index >= 15 is 0 Å². The Labute approximate surface area is 175 Å². The molecule has 0 aliphatic rings. The van der Waals surface area contributed by atoms with Gasteiger partial charge in [-0.15, -0.1) is 11.3 Å². The smallest absolute Gasteiger partial charge is 0.291 e. The van der Waals surface area contributed by atoms with Crippen molar-refractivity contribution in [3.63, 3.8) is 0 Å². The van der Waals surface area contributed by atoms with E-state index in [4.69, 9.17) is 9.15 Å². The molecule has 3 heterocycles. The molecule has 0 spiro atoms. The second-order valence-corrected chi connectivity index (χ2v) is 7.35. The number of furan rings is 1. The van der Waals surface area contributed by atoms with E-state index in [0.29, 0.717) is 23.1 Å². The summed E-state index contributed by atoms with van der Waals surface area (Å²) >= 11 is 1.58. The minimum Gasteiger partial charge on any atom is -0.459 e. The number of rotatable bonds is 5. The van der Waals surface area contributed by atoms with Crippen LogP contribution in [0.15, 0.2) is 88.9 Å². The second kappa shape index (κ2) is 7.81. The number of nitrogens with zero attached hydrogens (tertiary/aromatic N) is 2. The Bertz CT molecular complexity index is 1300. The van der Waals surface area contributed by atoms with E-state index in [2.05, 4.69) is 15.3 Å². The Kier molecular flexibility index (Phi) is 4.71. The molecule has 0 atom stereocenters. The van der Waals surface area contributed by atoms with Crippen LogP contribution in [0, 0.1) is 0 Å². The monoisotopic (exact) mass is 413 g/mol. The molecular formula is C23H15N3O3S. The third-order valence-corrected chi connectivity index (χ3v) is 5.25. The van der Waals surface area contributed by atoms with Crippen molar-refractivity contribution in [3.05, 3.63) is 90.2 Å². The standard InChI is InChI=1S/C23H15N3O3S/c27-22(19-7-3-13-28-19)24-15-9-11-16(12-10-15)29-23-17-5-1-2-6-18(17)25-21(26-23)20-8-4-14-30-20/h1-14H,(H,24,27). The minimum atomic E-state index is -0.309. The summed E-state index contributed by atoms with van der Waals surface area (Å²) in [7, 11) is 0. The largest absolute Gasteiger partial charge is 0.459 e. The number of hydrogen-bond donors (Lipinski definition) is 1. The van der Waals surface area contributed by atoms with Crippen LogP contribution in [0.3, 0.4) is 0 Å². The third-order valence-electron chi connectivity index (χ3n) is 4.38. The molecule has 0 saturated heterocycles. The molecule has 1 amide bonds. The van der Waals surface area contributed by atoms with E-state index in [1.165, 1.54) is 6.26 Å². The topological polar surface area (TPSA) is 77.2 Å². The van der Waals surface area contributed by atoms with Crippen molar-refractivity contribution in [1.82, 2.24) is 9.97 Å². The molecule has 0 bridgehead atoms. The van der Waals surface area contributed by atoms with Crippen LogP contribution < -0.4 is 10.1 Å². The van der Waals surface area contributed by atoms with Crippen molar-refractivity contribution in [2.24, 2.45) is 0 Å². The Balaban J connectivity index is 1.42. The summed E-state index contributed by atoms with van der Waals surface area (Å²) in [6.07, 6.45) is 1.46. The molecule has 146 valence electrons. The fourth-order valence-corrected chi connectivity index (χ4v) is 3.62. The average molecular weight is 413 g/mol. The molecule has 0 aliphatic carbocycles. The molecule has 0 saturated carbocycles. The van der Waals surface area contributed by atoms with E-state index in [1.807, 2.05) is 41.8 Å². The van der Waals surface area contributed by atoms with E-state index in [-0.39, 0.29) is 11.7 Å². The number of carbonyl (C=O) groups is 1. The van der Waals surface area contributed by atoms with Crippen LogP contribution in [0.4, 0.5) is 5.69 Å². The van der Waals surface area contributed by atoms with Gasteiger partial charge in [-0.3, -0.25) is 4.79 Å². The van der Waals surface area contributed by atoms with E-state index in [9.17, 15) is 4.79 Å². The zero-order valence-corrected chi connectivity index (χ0v) is 16.4. The number of carbonyl (C=O) groups excluding carboxylic acids is 1. The maximum Gasteiger partial charge on any atom is 0.291 e. The van der Waals surface area contributed by atoms with Crippen molar-refractivity contribution >= 4 is 33.8 Å². The van der Waals surface area contributed by atoms with Crippen LogP contribution in [0.2, 0.25) is 0 Å². The Hall–Kier alpha value is -3.97. The lowest BCUT2D eigenvalue weighted by Gasteiger charge is -2.10. The highest BCUT2D eigenvalue weighted by Gasteiger charge is 2.13. The van der Waals surface area contributed by atoms with Crippen LogP contribution in [0.25, 0.3) is 21.6 Å². The summed E-state index contributed by atoms with van der Waals surface area (Å²) in [5.41, 5.74) is 1.45. The minimum absolute atomic E-state index is 0.254. The summed E-state index contributed by atoms with van der Waals surface area (Å²) in [6, 6.07) is 22.0. The summed E-state index contributed by atoms with van der Waals surface area (Å²) in [5.74, 6) is 1.66. The van der Waals surface area contributed by atoms with Gasteiger partial charge < -0.3 is 14.5 Å². The molecule has 5 rings (SSSR count). The first-order chi connectivity index (χ1) is 14.8. The number of amides is 1. The molecule has 0 unspecified atom stereocenters. The van der Waals surface area contributed by atoms with Gasteiger partial charge in [-0.1, -0.05) is 18.2 Å². The van der Waals surface area contributed by atoms with Gasteiger partial charge in [0.05, 0.1) is 22.0 Å². The molecule has 2 aromatic carbocycles. The SMILES string of the molecule is O=C(Nc1ccc(Oc2nc(-c3cccs3)nc3ccccc23)cc1)c1ccco1. The zero-order chi connectivity index (χ0) is 20.3. The van der Waals surface area contributed by atoms with Gasteiger partial charge in [0.1, 0.15) is 5.75 Å². The number of nitrogens with one attached hydrogen (secondary N) is 1. The Morgan fingerprint density at radius 3 is 2.57 bits per heavy atom. The van der Waals surface area contributed by atoms with Crippen LogP contribution in [-0.4, -0.2) is 15.9 Å². The quantitative estimate of drug-likeness (QED) is 0.383. The number of benzene rings is 2. The van der Waals surface area contributed by atoms with Gasteiger partial charge in [0, 0.05) is 5.69 Å². The number of hydrogen-bond acceptors (Lipinski definition) is 6. The molecule has 0 radical (unpaired) electrons. The normalized spacial score (nSPS) is 10.8. The lowest BCUT2D eigenvalue weighted by Crippen LogP contribution is -2.10. The molecule has 0 fully saturated rings. The lowest BCUT2D eigenvalue weighted by atomic mass is 10.2. The van der Waals surface area contributed by atoms with E-state index in [1.54, 1.807) is 47.7 Å². The van der Waals surface area contributed by atoms with Crippen molar-refractivity contribution in [3.8, 4) is 22.3 Å². The summed E-state index contributed by atoms with van der Waals surface area (Å²) in [5, 5.41) is 5.60. The Morgan fingerprint density at radius 2 is 1.80 bits per heavy atom. The summed E-state index contributed by atoms with van der Waals surface area (Å²) < 4.78 is 11.2. The van der Waals surface area contributed by atoms with Gasteiger partial charge >= 0.3 is 0 Å². The number of anilines is 1. The van der Waals surface area contributed by atoms with E-state index in [0.717, 1.165) is 15.8 Å². The lowest BCUT2D eigenvalue weighted by molar-refractivity contribution is 0.0996. The van der Waals surface area contributed by atoms with Gasteiger partial charge in [-0.25, -0.2) is 4.98 Å². The highest BCUT2D eigenvalue weighted by Crippen LogP contribution is 2.31. The fraction of sp³-hybridized carbons (Fsp3) is 0. The number of fused-ring (bicyclic) bond motifs is 1. The molecule has 1 N–H and O–H groups in total. The number of para-hydroxylation sites is 1. The number of ether oxygens (including phenoxy) is 1. The van der Waals surface area contributed by atoms with Gasteiger partial charge in [0.25, 0.3) is 5.91 Å². The van der Waals surface area contributed by atoms with Gasteiger partial charge in [0.2, 0.25) is 5.88 Å². The molecule has 7 heteroatoms. The van der Waals surface area contributed by atoms with Gasteiger partial charge in [0.15, 0.2) is 11.6 Å². The van der Waals surface area contributed by atoms with Crippen LogP contribution in [-0.2, 0) is 0 Å². The van der Waals surface area contributed by atoms with Gasteiger partial charge in [-0.05, 0) is 60.0 Å². The number of aromatic nitrogens is 2. The molecule has 6 nitrogen and oxygen atoms in total.